The Bertz CT molecular complexity index is 277. The first-order valence-electron chi connectivity index (χ1n) is 6.15. The van der Waals surface area contributed by atoms with E-state index >= 15 is 0 Å². The Morgan fingerprint density at radius 2 is 1.71 bits per heavy atom. The predicted octanol–water partition coefficient (Wildman–Crippen LogP) is 1.66. The lowest BCUT2D eigenvalue weighted by molar-refractivity contribution is -0.136. The molecule has 0 bridgehead atoms. The fraction of sp³-hybridized carbons (Fsp3) is 0.846. The average molecular weight is 243 g/mol. The molecule has 4 nitrogen and oxygen atoms in total. The second kappa shape index (κ2) is 6.15. The van der Waals surface area contributed by atoms with Crippen LogP contribution in [0.5, 0.6) is 0 Å². The first-order valence-corrected chi connectivity index (χ1v) is 6.15. The van der Waals surface area contributed by atoms with Gasteiger partial charge in [-0.05, 0) is 19.8 Å². The van der Waals surface area contributed by atoms with Crippen LogP contribution in [0.4, 0.5) is 0 Å². The number of amides is 1. The summed E-state index contributed by atoms with van der Waals surface area (Å²) in [4.78, 5) is 23.1. The van der Waals surface area contributed by atoms with Crippen molar-refractivity contribution in [3.8, 4) is 0 Å². The van der Waals surface area contributed by atoms with Crippen molar-refractivity contribution in [1.82, 2.24) is 5.32 Å². The zero-order valence-electron chi connectivity index (χ0n) is 11.6. The molecular formula is C13H25NO3. The maximum Gasteiger partial charge on any atom is 0.225 e. The quantitative estimate of drug-likeness (QED) is 0.697. The number of hydrogen-bond acceptors (Lipinski definition) is 3. The monoisotopic (exact) mass is 243 g/mol. The van der Waals surface area contributed by atoms with E-state index in [2.05, 4.69) is 5.32 Å². The Morgan fingerprint density at radius 3 is 2.12 bits per heavy atom. The molecule has 1 unspecified atom stereocenters. The summed E-state index contributed by atoms with van der Waals surface area (Å²) in [6.07, 6.45) is 1.28. The lowest BCUT2D eigenvalue weighted by Gasteiger charge is -2.20. The molecule has 0 aromatic rings. The lowest BCUT2D eigenvalue weighted by atomic mass is 9.94. The molecule has 0 aliphatic heterocycles. The van der Waals surface area contributed by atoms with Crippen LogP contribution in [0.25, 0.3) is 0 Å². The molecule has 0 saturated carbocycles. The van der Waals surface area contributed by atoms with E-state index in [1.54, 1.807) is 6.92 Å². The maximum atomic E-state index is 11.6. The van der Waals surface area contributed by atoms with Gasteiger partial charge < -0.3 is 10.4 Å². The number of carbonyl (C=O) groups excluding carboxylic acids is 2. The molecule has 1 atom stereocenters. The molecule has 0 heterocycles. The Labute approximate surface area is 104 Å². The number of carbonyl (C=O) groups is 2. The number of aliphatic hydroxyl groups is 1. The van der Waals surface area contributed by atoms with Crippen LogP contribution < -0.4 is 5.32 Å². The number of rotatable bonds is 6. The Balaban J connectivity index is 3.88. The van der Waals surface area contributed by atoms with Crippen LogP contribution in [-0.2, 0) is 9.59 Å². The Kier molecular flexibility index (Phi) is 5.82. The van der Waals surface area contributed by atoms with E-state index in [4.69, 9.17) is 0 Å². The maximum absolute atomic E-state index is 11.6. The van der Waals surface area contributed by atoms with Crippen LogP contribution >= 0.6 is 0 Å². The number of nitrogens with one attached hydrogen (secondary N) is 1. The molecular weight excluding hydrogens is 218 g/mol. The lowest BCUT2D eigenvalue weighted by Crippen LogP contribution is -2.37. The van der Waals surface area contributed by atoms with Crippen LogP contribution in [0.2, 0.25) is 0 Å². The SMILES string of the molecule is CCC(C)(O)C(=O)CCCNC(=O)C(C)(C)C. The minimum absolute atomic E-state index is 0.0211. The Morgan fingerprint density at radius 1 is 1.18 bits per heavy atom. The first kappa shape index (κ1) is 16.1. The summed E-state index contributed by atoms with van der Waals surface area (Å²) in [6, 6.07) is 0. The molecule has 100 valence electrons. The van der Waals surface area contributed by atoms with Gasteiger partial charge in [0, 0.05) is 18.4 Å². The van der Waals surface area contributed by atoms with E-state index in [-0.39, 0.29) is 11.7 Å². The zero-order valence-corrected chi connectivity index (χ0v) is 11.6. The summed E-state index contributed by atoms with van der Waals surface area (Å²) in [5.74, 6) is -0.183. The molecule has 0 radical (unpaired) electrons. The van der Waals surface area contributed by atoms with Gasteiger partial charge in [-0.1, -0.05) is 27.7 Å². The first-order chi connectivity index (χ1) is 7.61. The van der Waals surface area contributed by atoms with E-state index in [9.17, 15) is 14.7 Å². The fourth-order valence-electron chi connectivity index (χ4n) is 1.18. The Hall–Kier alpha value is -0.900. The van der Waals surface area contributed by atoms with E-state index in [1.165, 1.54) is 6.92 Å². The van der Waals surface area contributed by atoms with Gasteiger partial charge in [-0.15, -0.1) is 0 Å². The van der Waals surface area contributed by atoms with Gasteiger partial charge in [0.05, 0.1) is 0 Å². The third-order valence-corrected chi connectivity index (χ3v) is 2.84. The van der Waals surface area contributed by atoms with Crippen LogP contribution in [0.1, 0.15) is 53.9 Å². The zero-order chi connectivity index (χ0) is 13.7. The van der Waals surface area contributed by atoms with Gasteiger partial charge in [-0.25, -0.2) is 0 Å². The van der Waals surface area contributed by atoms with Crippen LogP contribution in [-0.4, -0.2) is 28.9 Å². The van der Waals surface area contributed by atoms with Crippen molar-refractivity contribution in [2.75, 3.05) is 6.54 Å². The second-order valence-corrected chi connectivity index (χ2v) is 5.66. The third-order valence-electron chi connectivity index (χ3n) is 2.84. The molecule has 0 aromatic heterocycles. The van der Waals surface area contributed by atoms with Crippen LogP contribution in [0.3, 0.4) is 0 Å². The molecule has 0 rings (SSSR count). The number of Topliss-reactive ketones (excluding diaryl/α,β-unsaturated/α-hetero) is 1. The fourth-order valence-corrected chi connectivity index (χ4v) is 1.18. The van der Waals surface area contributed by atoms with Gasteiger partial charge in [0.25, 0.3) is 0 Å². The molecule has 4 heteroatoms. The molecule has 17 heavy (non-hydrogen) atoms. The molecule has 0 spiro atoms. The summed E-state index contributed by atoms with van der Waals surface area (Å²) in [5.41, 5.74) is -1.63. The van der Waals surface area contributed by atoms with Gasteiger partial charge in [0.2, 0.25) is 5.91 Å². The number of hydrogen-bond donors (Lipinski definition) is 2. The number of ketones is 1. The van der Waals surface area contributed by atoms with Gasteiger partial charge in [-0.3, -0.25) is 9.59 Å². The van der Waals surface area contributed by atoms with Crippen molar-refractivity contribution < 1.29 is 14.7 Å². The van der Waals surface area contributed by atoms with Gasteiger partial charge in [0.1, 0.15) is 5.60 Å². The van der Waals surface area contributed by atoms with E-state index in [1.807, 2.05) is 20.8 Å². The topological polar surface area (TPSA) is 66.4 Å². The third kappa shape index (κ3) is 5.82. The van der Waals surface area contributed by atoms with E-state index < -0.39 is 11.0 Å². The summed E-state index contributed by atoms with van der Waals surface area (Å²) < 4.78 is 0. The average Bonchev–Trinajstić information content (AvgIpc) is 2.22. The van der Waals surface area contributed by atoms with Gasteiger partial charge >= 0.3 is 0 Å². The standard InChI is InChI=1S/C13H25NO3/c1-6-13(5,17)10(15)8-7-9-14-11(16)12(2,3)4/h17H,6-9H2,1-5H3,(H,14,16). The molecule has 1 amide bonds. The van der Waals surface area contributed by atoms with Crippen LogP contribution in [0.15, 0.2) is 0 Å². The van der Waals surface area contributed by atoms with Crippen LogP contribution in [0, 0.1) is 5.41 Å². The largest absolute Gasteiger partial charge is 0.382 e. The molecule has 2 N–H and O–H groups in total. The summed E-state index contributed by atoms with van der Waals surface area (Å²) in [7, 11) is 0. The highest BCUT2D eigenvalue weighted by Crippen LogP contribution is 2.14. The molecule has 0 aliphatic rings. The minimum Gasteiger partial charge on any atom is -0.382 e. The van der Waals surface area contributed by atoms with Gasteiger partial charge in [-0.2, -0.15) is 0 Å². The summed E-state index contributed by atoms with van der Waals surface area (Å²) >= 11 is 0. The predicted molar refractivity (Wildman–Crippen MR) is 67.6 cm³/mol. The molecule has 0 saturated heterocycles. The van der Waals surface area contributed by atoms with Crippen molar-refractivity contribution in [1.29, 1.82) is 0 Å². The van der Waals surface area contributed by atoms with Gasteiger partial charge in [0.15, 0.2) is 5.78 Å². The summed E-state index contributed by atoms with van der Waals surface area (Å²) in [6.45, 7) is 9.31. The highest BCUT2D eigenvalue weighted by Gasteiger charge is 2.27. The van der Waals surface area contributed by atoms with Crippen molar-refractivity contribution in [2.24, 2.45) is 5.41 Å². The molecule has 0 aliphatic carbocycles. The van der Waals surface area contributed by atoms with E-state index in [0.29, 0.717) is 25.8 Å². The van der Waals surface area contributed by atoms with Crippen molar-refractivity contribution >= 4 is 11.7 Å². The van der Waals surface area contributed by atoms with E-state index in [0.717, 1.165) is 0 Å². The molecule has 0 aromatic carbocycles. The highest BCUT2D eigenvalue weighted by molar-refractivity contribution is 5.86. The summed E-state index contributed by atoms with van der Waals surface area (Å²) in [5, 5.41) is 12.5. The smallest absolute Gasteiger partial charge is 0.225 e. The molecule has 0 fully saturated rings. The van der Waals surface area contributed by atoms with Crippen molar-refractivity contribution in [3.63, 3.8) is 0 Å². The second-order valence-electron chi connectivity index (χ2n) is 5.66. The highest BCUT2D eigenvalue weighted by atomic mass is 16.3. The minimum atomic E-state index is -1.23. The van der Waals surface area contributed by atoms with Crippen molar-refractivity contribution in [3.05, 3.63) is 0 Å². The van der Waals surface area contributed by atoms with Crippen molar-refractivity contribution in [2.45, 2.75) is 59.5 Å². The normalized spacial score (nSPS) is 15.2.